The maximum atomic E-state index is 12.3. The Hall–Kier alpha value is -3.95. The quantitative estimate of drug-likeness (QED) is 0.479. The van der Waals surface area contributed by atoms with Gasteiger partial charge in [-0.05, 0) is 48.5 Å². The Morgan fingerprint density at radius 1 is 1.03 bits per heavy atom. The molecule has 2 aromatic heterocycles. The minimum atomic E-state index is -4.78. The Morgan fingerprint density at radius 2 is 1.80 bits per heavy atom. The van der Waals surface area contributed by atoms with E-state index in [0.29, 0.717) is 11.4 Å². The fourth-order valence-electron chi connectivity index (χ4n) is 2.86. The lowest BCUT2D eigenvalue weighted by Gasteiger charge is -2.09. The lowest BCUT2D eigenvalue weighted by molar-refractivity contribution is -0.274. The van der Waals surface area contributed by atoms with Gasteiger partial charge in [0.15, 0.2) is 17.3 Å². The molecule has 0 fully saturated rings. The number of benzene rings is 2. The second-order valence-electron chi connectivity index (χ2n) is 6.29. The lowest BCUT2D eigenvalue weighted by Crippen LogP contribution is -2.17. The molecule has 7 nitrogen and oxygen atoms in total. The molecule has 0 aliphatic rings. The second kappa shape index (κ2) is 7.47. The molecule has 2 aromatic carbocycles. The van der Waals surface area contributed by atoms with Crippen molar-refractivity contribution in [3.8, 4) is 11.4 Å². The molecule has 0 amide bonds. The summed E-state index contributed by atoms with van der Waals surface area (Å²) in [7, 11) is 0. The zero-order chi connectivity index (χ0) is 21.3. The highest BCUT2D eigenvalue weighted by molar-refractivity contribution is 5.99. The number of hydrogen-bond donors (Lipinski definition) is 1. The van der Waals surface area contributed by atoms with Crippen LogP contribution in [0.3, 0.4) is 0 Å². The number of carbonyl (C=O) groups is 1. The Balaban J connectivity index is 1.68. The number of nitrogens with one attached hydrogen (secondary N) is 1. The summed E-state index contributed by atoms with van der Waals surface area (Å²) in [5, 5.41) is 12.4. The number of aromatic nitrogens is 4. The van der Waals surface area contributed by atoms with Crippen LogP contribution in [0.2, 0.25) is 0 Å². The summed E-state index contributed by atoms with van der Waals surface area (Å²) in [6.07, 6.45) is -3.10. The van der Waals surface area contributed by atoms with Crippen LogP contribution in [0.4, 0.5) is 24.7 Å². The topological polar surface area (TPSA) is 81.9 Å². The molecule has 0 bridgehead atoms. The molecule has 10 heteroatoms. The van der Waals surface area contributed by atoms with Crippen LogP contribution in [0.25, 0.3) is 16.6 Å². The monoisotopic (exact) mass is 413 g/mol. The normalized spacial score (nSPS) is 11.5. The van der Waals surface area contributed by atoms with E-state index in [0.717, 1.165) is 23.0 Å². The first kappa shape index (κ1) is 19.4. The Bertz CT molecular complexity index is 1210. The summed E-state index contributed by atoms with van der Waals surface area (Å²) in [5.41, 5.74) is 1.90. The van der Waals surface area contributed by atoms with Gasteiger partial charge in [-0.2, -0.15) is 0 Å². The number of ketones is 1. The van der Waals surface area contributed by atoms with Gasteiger partial charge in [-0.15, -0.1) is 28.2 Å². The number of ether oxygens (including phenoxy) is 1. The summed E-state index contributed by atoms with van der Waals surface area (Å²) in [6, 6.07) is 14.2. The van der Waals surface area contributed by atoms with Crippen LogP contribution in [-0.2, 0) is 0 Å². The van der Waals surface area contributed by atoms with Gasteiger partial charge in [-0.3, -0.25) is 9.78 Å². The van der Waals surface area contributed by atoms with Crippen molar-refractivity contribution < 1.29 is 22.7 Å². The van der Waals surface area contributed by atoms with Gasteiger partial charge in [0.25, 0.3) is 0 Å². The molecule has 152 valence electrons. The number of rotatable bonds is 5. The van der Waals surface area contributed by atoms with Gasteiger partial charge in [0.2, 0.25) is 0 Å². The van der Waals surface area contributed by atoms with E-state index in [1.807, 2.05) is 24.3 Å². The predicted molar refractivity (Wildman–Crippen MR) is 103 cm³/mol. The molecule has 1 N–H and O–H groups in total. The first-order valence-electron chi connectivity index (χ1n) is 8.75. The Kier molecular flexibility index (Phi) is 4.82. The number of carbonyl (C=O) groups excluding carboxylic acids is 1. The SMILES string of the molecule is CC(=O)c1nn(-c2ccc(OC(F)(F)F)cc2)nc1Nc1cccc2ncccc12. The molecule has 2 heterocycles. The lowest BCUT2D eigenvalue weighted by atomic mass is 10.2. The third-order valence-electron chi connectivity index (χ3n) is 4.15. The van der Waals surface area contributed by atoms with Crippen LogP contribution in [0.1, 0.15) is 17.4 Å². The third kappa shape index (κ3) is 4.07. The minimum Gasteiger partial charge on any atom is -0.406 e. The zero-order valence-electron chi connectivity index (χ0n) is 15.5. The molecule has 0 aliphatic carbocycles. The first-order valence-corrected chi connectivity index (χ1v) is 8.75. The van der Waals surface area contributed by atoms with E-state index in [9.17, 15) is 18.0 Å². The van der Waals surface area contributed by atoms with Crippen molar-refractivity contribution in [2.45, 2.75) is 13.3 Å². The molecule has 0 atom stereocenters. The summed E-state index contributed by atoms with van der Waals surface area (Å²) in [5.74, 6) is -0.472. The number of alkyl halides is 3. The van der Waals surface area contributed by atoms with E-state index in [1.54, 1.807) is 12.3 Å². The second-order valence-corrected chi connectivity index (χ2v) is 6.29. The molecular weight excluding hydrogens is 399 g/mol. The average molecular weight is 413 g/mol. The maximum absolute atomic E-state index is 12.3. The molecule has 0 saturated heterocycles. The fraction of sp³-hybridized carbons (Fsp3) is 0.100. The summed E-state index contributed by atoms with van der Waals surface area (Å²) >= 11 is 0. The van der Waals surface area contributed by atoms with Gasteiger partial charge in [0, 0.05) is 24.2 Å². The number of Topliss-reactive ketones (excluding diaryl/α,β-unsaturated/α-hetero) is 1. The Morgan fingerprint density at radius 3 is 2.50 bits per heavy atom. The Labute approximate surface area is 168 Å². The molecule has 4 rings (SSSR count). The minimum absolute atomic E-state index is 0.0894. The largest absolute Gasteiger partial charge is 0.573 e. The fourth-order valence-corrected chi connectivity index (χ4v) is 2.86. The van der Waals surface area contributed by atoms with Crippen LogP contribution in [-0.4, -0.2) is 32.1 Å². The highest BCUT2D eigenvalue weighted by Gasteiger charge is 2.31. The van der Waals surface area contributed by atoms with Crippen molar-refractivity contribution >= 4 is 28.2 Å². The van der Waals surface area contributed by atoms with E-state index in [2.05, 4.69) is 25.2 Å². The van der Waals surface area contributed by atoms with Gasteiger partial charge in [-0.25, -0.2) is 0 Å². The van der Waals surface area contributed by atoms with Crippen LogP contribution in [0.15, 0.2) is 60.8 Å². The molecule has 0 aliphatic heterocycles. The number of fused-ring (bicyclic) bond motifs is 1. The molecular formula is C20H14F3N5O2. The van der Waals surface area contributed by atoms with Gasteiger partial charge >= 0.3 is 6.36 Å². The van der Waals surface area contributed by atoms with Gasteiger partial charge in [-0.1, -0.05) is 6.07 Å². The third-order valence-corrected chi connectivity index (χ3v) is 4.15. The van der Waals surface area contributed by atoms with E-state index < -0.39 is 6.36 Å². The highest BCUT2D eigenvalue weighted by Crippen LogP contribution is 2.27. The van der Waals surface area contributed by atoms with Crippen LogP contribution < -0.4 is 10.1 Å². The van der Waals surface area contributed by atoms with E-state index in [-0.39, 0.29) is 23.0 Å². The van der Waals surface area contributed by atoms with Crippen molar-refractivity contribution in [2.24, 2.45) is 0 Å². The van der Waals surface area contributed by atoms with E-state index in [4.69, 9.17) is 0 Å². The molecule has 0 saturated carbocycles. The molecule has 0 radical (unpaired) electrons. The summed E-state index contributed by atoms with van der Waals surface area (Å²) in [4.78, 5) is 17.5. The van der Waals surface area contributed by atoms with Crippen molar-refractivity contribution in [1.29, 1.82) is 0 Å². The van der Waals surface area contributed by atoms with Crippen LogP contribution in [0, 0.1) is 0 Å². The predicted octanol–water partition coefficient (Wildman–Crippen LogP) is 4.66. The zero-order valence-corrected chi connectivity index (χ0v) is 15.5. The molecule has 30 heavy (non-hydrogen) atoms. The number of anilines is 2. The summed E-state index contributed by atoms with van der Waals surface area (Å²) < 4.78 is 40.8. The standard InChI is InChI=1S/C20H14F3N5O2/c1-12(29)18-19(25-17-6-2-5-16-15(17)4-3-11-24-16)27-28(26-18)13-7-9-14(10-8-13)30-20(21,22)23/h2-11H,1H3,(H,25,27). The molecule has 4 aromatic rings. The summed E-state index contributed by atoms with van der Waals surface area (Å²) in [6.45, 7) is 1.35. The van der Waals surface area contributed by atoms with Crippen molar-refractivity contribution in [3.63, 3.8) is 0 Å². The number of hydrogen-bond acceptors (Lipinski definition) is 6. The van der Waals surface area contributed by atoms with E-state index >= 15 is 0 Å². The van der Waals surface area contributed by atoms with Crippen LogP contribution in [0.5, 0.6) is 5.75 Å². The van der Waals surface area contributed by atoms with Gasteiger partial charge in [0.1, 0.15) is 5.75 Å². The average Bonchev–Trinajstić information content (AvgIpc) is 3.12. The van der Waals surface area contributed by atoms with Crippen molar-refractivity contribution in [3.05, 3.63) is 66.5 Å². The van der Waals surface area contributed by atoms with Crippen LogP contribution >= 0.6 is 0 Å². The molecule has 0 spiro atoms. The number of nitrogens with zero attached hydrogens (tertiary/aromatic N) is 4. The van der Waals surface area contributed by atoms with E-state index in [1.165, 1.54) is 23.9 Å². The van der Waals surface area contributed by atoms with Gasteiger partial charge < -0.3 is 10.1 Å². The van der Waals surface area contributed by atoms with Crippen molar-refractivity contribution in [2.75, 3.05) is 5.32 Å². The maximum Gasteiger partial charge on any atom is 0.573 e. The van der Waals surface area contributed by atoms with Crippen molar-refractivity contribution in [1.82, 2.24) is 20.0 Å². The highest BCUT2D eigenvalue weighted by atomic mass is 19.4. The van der Waals surface area contributed by atoms with Gasteiger partial charge in [0.05, 0.1) is 11.2 Å². The number of pyridine rings is 1. The smallest absolute Gasteiger partial charge is 0.406 e. The number of halogens is 3. The molecule has 0 unspecified atom stereocenters. The first-order chi connectivity index (χ1) is 14.3.